The first-order chi connectivity index (χ1) is 9.64. The highest BCUT2D eigenvalue weighted by Gasteiger charge is 2.23. The number of nitrogens with zero attached hydrogens (tertiary/aromatic N) is 1. The molecule has 0 saturated heterocycles. The summed E-state index contributed by atoms with van der Waals surface area (Å²) in [5.74, 6) is -1.04. The van der Waals surface area contributed by atoms with Gasteiger partial charge in [0, 0.05) is 6.42 Å². The van der Waals surface area contributed by atoms with E-state index in [-0.39, 0.29) is 29.5 Å². The molecule has 0 bridgehead atoms. The molecular weight excluding hydrogens is 292 g/mol. The number of thiazole rings is 1. The quantitative estimate of drug-likeness (QED) is 0.708. The van der Waals surface area contributed by atoms with Crippen LogP contribution in [-0.2, 0) is 17.6 Å². The summed E-state index contributed by atoms with van der Waals surface area (Å²) in [6, 6.07) is 0. The fourth-order valence-electron chi connectivity index (χ4n) is 1.74. The summed E-state index contributed by atoms with van der Waals surface area (Å²) >= 11 is 1.12. The first-order valence-electron chi connectivity index (χ1n) is 6.78. The van der Waals surface area contributed by atoms with Crippen molar-refractivity contribution in [2.45, 2.75) is 46.1 Å². The van der Waals surface area contributed by atoms with Gasteiger partial charge in [-0.2, -0.15) is 0 Å². The molecule has 0 unspecified atom stereocenters. The molecule has 3 N–H and O–H groups in total. The molecule has 118 valence electrons. The van der Waals surface area contributed by atoms with Gasteiger partial charge >= 0.3 is 5.97 Å². The van der Waals surface area contributed by atoms with E-state index in [9.17, 15) is 14.7 Å². The van der Waals surface area contributed by atoms with Gasteiger partial charge in [-0.15, -0.1) is 11.3 Å². The largest absolute Gasteiger partial charge is 0.477 e. The van der Waals surface area contributed by atoms with Crippen molar-refractivity contribution in [2.75, 3.05) is 6.61 Å². The van der Waals surface area contributed by atoms with Gasteiger partial charge in [0.1, 0.15) is 4.88 Å². The highest BCUT2D eigenvalue weighted by Crippen LogP contribution is 2.22. The molecule has 0 atom stereocenters. The van der Waals surface area contributed by atoms with Crippen LogP contribution in [0.1, 0.15) is 48.1 Å². The van der Waals surface area contributed by atoms with Gasteiger partial charge in [-0.05, 0) is 19.8 Å². The molecule has 1 aromatic heterocycles. The molecular formula is C14H22N2O4S. The first-order valence-corrected chi connectivity index (χ1v) is 7.60. The summed E-state index contributed by atoms with van der Waals surface area (Å²) in [6.45, 7) is 7.23. The molecule has 0 aromatic carbocycles. The highest BCUT2D eigenvalue weighted by atomic mass is 32.1. The summed E-state index contributed by atoms with van der Waals surface area (Å²) in [7, 11) is 0. The lowest BCUT2D eigenvalue weighted by molar-refractivity contribution is -0.122. The number of amides is 1. The van der Waals surface area contributed by atoms with Gasteiger partial charge in [-0.3, -0.25) is 4.79 Å². The number of aliphatic hydroxyl groups excluding tert-OH is 1. The molecule has 7 heteroatoms. The molecule has 0 spiro atoms. The fraction of sp³-hybridized carbons (Fsp3) is 0.643. The highest BCUT2D eigenvalue weighted by molar-refractivity contribution is 7.13. The van der Waals surface area contributed by atoms with Crippen molar-refractivity contribution < 1.29 is 19.8 Å². The second kappa shape index (κ2) is 7.00. The summed E-state index contributed by atoms with van der Waals surface area (Å²) in [5, 5.41) is 21.7. The van der Waals surface area contributed by atoms with Crippen LogP contribution in [0.15, 0.2) is 0 Å². The Kier molecular flexibility index (Phi) is 5.86. The number of aromatic carboxylic acids is 1. The average Bonchev–Trinajstić information content (AvgIpc) is 2.70. The van der Waals surface area contributed by atoms with Crippen molar-refractivity contribution in [1.29, 1.82) is 0 Å². The Morgan fingerprint density at radius 1 is 1.38 bits per heavy atom. The lowest BCUT2D eigenvalue weighted by Crippen LogP contribution is -2.47. The Balaban J connectivity index is 2.88. The van der Waals surface area contributed by atoms with Crippen molar-refractivity contribution in [2.24, 2.45) is 5.92 Å². The maximum Gasteiger partial charge on any atom is 0.347 e. The molecule has 21 heavy (non-hydrogen) atoms. The van der Waals surface area contributed by atoms with Crippen LogP contribution in [0.3, 0.4) is 0 Å². The number of carboxylic acids is 1. The number of carbonyl (C=O) groups is 2. The van der Waals surface area contributed by atoms with Gasteiger partial charge in [0.15, 0.2) is 0 Å². The Bertz CT molecular complexity index is 523. The summed E-state index contributed by atoms with van der Waals surface area (Å²) in [6.07, 6.45) is 0.592. The molecule has 0 fully saturated rings. The maximum absolute atomic E-state index is 11.9. The molecule has 0 aliphatic carbocycles. The molecule has 1 heterocycles. The van der Waals surface area contributed by atoms with Gasteiger partial charge in [-0.25, -0.2) is 9.78 Å². The predicted molar refractivity (Wildman–Crippen MR) is 80.6 cm³/mol. The number of rotatable bonds is 7. The molecule has 0 radical (unpaired) electrons. The van der Waals surface area contributed by atoms with E-state index in [1.807, 2.05) is 13.8 Å². The first kappa shape index (κ1) is 17.6. The van der Waals surface area contributed by atoms with Crippen LogP contribution in [-0.4, -0.2) is 39.2 Å². The van der Waals surface area contributed by atoms with Gasteiger partial charge in [0.2, 0.25) is 5.91 Å². The van der Waals surface area contributed by atoms with Gasteiger partial charge < -0.3 is 15.5 Å². The SMILES string of the molecule is CC(C)Cc1nc(CC(=O)NC(C)(C)CO)c(C(=O)O)s1. The fourth-order valence-corrected chi connectivity index (χ4v) is 2.87. The van der Waals surface area contributed by atoms with Crippen molar-refractivity contribution >= 4 is 23.2 Å². The van der Waals surface area contributed by atoms with Crippen LogP contribution in [0.5, 0.6) is 0 Å². The molecule has 1 amide bonds. The minimum absolute atomic E-state index is 0.0976. The number of aliphatic hydroxyl groups is 1. The monoisotopic (exact) mass is 314 g/mol. The van der Waals surface area contributed by atoms with E-state index in [0.29, 0.717) is 12.3 Å². The number of hydrogen-bond donors (Lipinski definition) is 3. The van der Waals surface area contributed by atoms with Gasteiger partial charge in [0.05, 0.1) is 29.3 Å². The van der Waals surface area contributed by atoms with Crippen LogP contribution in [0.4, 0.5) is 0 Å². The zero-order chi connectivity index (χ0) is 16.2. The van der Waals surface area contributed by atoms with Gasteiger partial charge in [0.25, 0.3) is 0 Å². The third-order valence-electron chi connectivity index (χ3n) is 2.72. The zero-order valence-corrected chi connectivity index (χ0v) is 13.6. The molecule has 0 aliphatic rings. The van der Waals surface area contributed by atoms with Crippen LogP contribution in [0, 0.1) is 5.92 Å². The summed E-state index contributed by atoms with van der Waals surface area (Å²) in [4.78, 5) is 27.6. The Labute approximate surface area is 128 Å². The lowest BCUT2D eigenvalue weighted by atomic mass is 10.1. The second-order valence-corrected chi connectivity index (χ2v) is 7.14. The molecule has 0 aliphatic heterocycles. The van der Waals surface area contributed by atoms with E-state index in [2.05, 4.69) is 10.3 Å². The lowest BCUT2D eigenvalue weighted by Gasteiger charge is -2.23. The predicted octanol–water partition coefficient (Wildman–Crippen LogP) is 1.47. The number of aromatic nitrogens is 1. The summed E-state index contributed by atoms with van der Waals surface area (Å²) < 4.78 is 0. The Hall–Kier alpha value is -1.47. The van der Waals surface area contributed by atoms with Crippen molar-refractivity contribution in [3.05, 3.63) is 15.6 Å². The third kappa shape index (κ3) is 5.43. The van der Waals surface area contributed by atoms with Crippen LogP contribution < -0.4 is 5.32 Å². The number of carbonyl (C=O) groups excluding carboxylic acids is 1. The molecule has 1 rings (SSSR count). The minimum atomic E-state index is -1.06. The molecule has 6 nitrogen and oxygen atoms in total. The van der Waals surface area contributed by atoms with Crippen LogP contribution >= 0.6 is 11.3 Å². The van der Waals surface area contributed by atoms with E-state index >= 15 is 0 Å². The van der Waals surface area contributed by atoms with Gasteiger partial charge in [-0.1, -0.05) is 13.8 Å². The topological polar surface area (TPSA) is 99.5 Å². The molecule has 0 saturated carbocycles. The Morgan fingerprint density at radius 2 is 2.00 bits per heavy atom. The standard InChI is InChI=1S/C14H22N2O4S/c1-8(2)5-11-15-9(12(21-11)13(19)20)6-10(18)16-14(3,4)7-17/h8,17H,5-7H2,1-4H3,(H,16,18)(H,19,20). The van der Waals surface area contributed by atoms with E-state index in [1.165, 1.54) is 0 Å². The van der Waals surface area contributed by atoms with Crippen molar-refractivity contribution in [3.8, 4) is 0 Å². The van der Waals surface area contributed by atoms with Crippen molar-refractivity contribution in [1.82, 2.24) is 10.3 Å². The van der Waals surface area contributed by atoms with E-state index < -0.39 is 11.5 Å². The van der Waals surface area contributed by atoms with E-state index in [1.54, 1.807) is 13.8 Å². The van der Waals surface area contributed by atoms with Crippen LogP contribution in [0.25, 0.3) is 0 Å². The van der Waals surface area contributed by atoms with E-state index in [4.69, 9.17) is 5.11 Å². The maximum atomic E-state index is 11.9. The molecule has 1 aromatic rings. The number of carboxylic acid groups (broad SMARTS) is 1. The average molecular weight is 314 g/mol. The smallest absolute Gasteiger partial charge is 0.347 e. The minimum Gasteiger partial charge on any atom is -0.477 e. The second-order valence-electron chi connectivity index (χ2n) is 6.05. The Morgan fingerprint density at radius 3 is 2.48 bits per heavy atom. The third-order valence-corrected chi connectivity index (χ3v) is 3.83. The number of hydrogen-bond acceptors (Lipinski definition) is 5. The van der Waals surface area contributed by atoms with Crippen LogP contribution in [0.2, 0.25) is 0 Å². The zero-order valence-electron chi connectivity index (χ0n) is 12.8. The summed E-state index contributed by atoms with van der Waals surface area (Å²) in [5.41, 5.74) is -0.452. The van der Waals surface area contributed by atoms with Crippen molar-refractivity contribution in [3.63, 3.8) is 0 Å². The number of nitrogens with one attached hydrogen (secondary N) is 1. The van der Waals surface area contributed by atoms with E-state index in [0.717, 1.165) is 16.3 Å². The normalized spacial score (nSPS) is 11.7.